The van der Waals surface area contributed by atoms with Crippen molar-refractivity contribution in [1.29, 1.82) is 0 Å². The van der Waals surface area contributed by atoms with Gasteiger partial charge in [-0.1, -0.05) is 26.0 Å². The summed E-state index contributed by atoms with van der Waals surface area (Å²) in [5.74, 6) is -1.90. The van der Waals surface area contributed by atoms with E-state index in [9.17, 15) is 35.9 Å². The molecule has 38 heavy (non-hydrogen) atoms. The molecule has 0 aliphatic carbocycles. The quantitative estimate of drug-likeness (QED) is 0.297. The molecule has 3 heterocycles. The third-order valence-electron chi connectivity index (χ3n) is 6.10. The summed E-state index contributed by atoms with van der Waals surface area (Å²) in [6.07, 6.45) is -8.41. The predicted octanol–water partition coefficient (Wildman–Crippen LogP) is 6.40. The van der Waals surface area contributed by atoms with Crippen LogP contribution in [0.15, 0.2) is 48.8 Å². The highest BCUT2D eigenvalue weighted by molar-refractivity contribution is 6.25. The van der Waals surface area contributed by atoms with Gasteiger partial charge in [0.2, 0.25) is 0 Å². The van der Waals surface area contributed by atoms with Crippen LogP contribution in [0.4, 0.5) is 37.7 Å². The van der Waals surface area contributed by atoms with Crippen LogP contribution in [0.3, 0.4) is 0 Å². The van der Waals surface area contributed by atoms with Crippen molar-refractivity contribution in [3.63, 3.8) is 0 Å². The molecule has 2 amide bonds. The highest BCUT2D eigenvalue weighted by Crippen LogP contribution is 2.43. The molecule has 2 N–H and O–H groups in total. The second-order valence-electron chi connectivity index (χ2n) is 8.89. The van der Waals surface area contributed by atoms with Crippen molar-refractivity contribution in [1.82, 2.24) is 14.8 Å². The third kappa shape index (κ3) is 4.13. The number of aromatic nitrogens is 3. The summed E-state index contributed by atoms with van der Waals surface area (Å²) in [4.78, 5) is 28.5. The Kier molecular flexibility index (Phi) is 5.69. The molecule has 0 unspecified atom stereocenters. The molecule has 0 saturated heterocycles. The van der Waals surface area contributed by atoms with E-state index in [-0.39, 0.29) is 17.2 Å². The maximum atomic E-state index is 14.4. The molecule has 7 nitrogen and oxygen atoms in total. The normalized spacial score (nSPS) is 13.3. The first kappa shape index (κ1) is 25.2. The Labute approximate surface area is 210 Å². The van der Waals surface area contributed by atoms with Gasteiger partial charge in [0.25, 0.3) is 11.8 Å². The van der Waals surface area contributed by atoms with Crippen molar-refractivity contribution < 1.29 is 35.9 Å². The lowest BCUT2D eigenvalue weighted by atomic mass is 9.94. The van der Waals surface area contributed by atoms with Gasteiger partial charge in [-0.3, -0.25) is 14.6 Å². The molecule has 0 spiro atoms. The summed E-state index contributed by atoms with van der Waals surface area (Å²) in [6, 6.07) is 7.62. The number of pyridine rings is 1. The number of benzene rings is 2. The van der Waals surface area contributed by atoms with Crippen LogP contribution in [0.1, 0.15) is 57.4 Å². The van der Waals surface area contributed by atoms with Crippen molar-refractivity contribution in [2.24, 2.45) is 0 Å². The average Bonchev–Trinajstić information content (AvgIpc) is 3.42. The Bertz CT molecular complexity index is 1620. The Morgan fingerprint density at radius 3 is 2.45 bits per heavy atom. The molecule has 5 rings (SSSR count). The van der Waals surface area contributed by atoms with Gasteiger partial charge in [-0.2, -0.15) is 31.4 Å². The van der Waals surface area contributed by atoms with Gasteiger partial charge in [0, 0.05) is 28.2 Å². The van der Waals surface area contributed by atoms with Gasteiger partial charge >= 0.3 is 12.4 Å². The van der Waals surface area contributed by atoms with Gasteiger partial charge in [0.05, 0.1) is 23.1 Å². The highest BCUT2D eigenvalue weighted by atomic mass is 19.4. The van der Waals surface area contributed by atoms with Crippen molar-refractivity contribution in [2.75, 3.05) is 10.6 Å². The van der Waals surface area contributed by atoms with E-state index in [0.717, 1.165) is 12.3 Å². The van der Waals surface area contributed by atoms with Crippen molar-refractivity contribution in [3.05, 3.63) is 76.9 Å². The van der Waals surface area contributed by atoms with Crippen molar-refractivity contribution >= 4 is 34.0 Å². The fourth-order valence-corrected chi connectivity index (χ4v) is 4.44. The lowest BCUT2D eigenvalue weighted by Gasteiger charge is -2.18. The second-order valence-corrected chi connectivity index (χ2v) is 8.89. The number of halogens is 6. The summed E-state index contributed by atoms with van der Waals surface area (Å²) in [5, 5.41) is 9.42. The molecule has 4 aromatic rings. The molecule has 0 saturated carbocycles. The number of anilines is 2. The van der Waals surface area contributed by atoms with Gasteiger partial charge in [0.15, 0.2) is 5.69 Å². The minimum absolute atomic E-state index is 0.0135. The lowest BCUT2D eigenvalue weighted by Crippen LogP contribution is -2.21. The maximum absolute atomic E-state index is 14.4. The van der Waals surface area contributed by atoms with E-state index in [1.807, 2.05) is 13.8 Å². The largest absolute Gasteiger partial charge is 0.434 e. The predicted molar refractivity (Wildman–Crippen MR) is 125 cm³/mol. The number of nitrogens with zero attached hydrogens (tertiary/aromatic N) is 3. The van der Waals surface area contributed by atoms with Crippen LogP contribution in [0.25, 0.3) is 16.5 Å². The Morgan fingerprint density at radius 2 is 1.79 bits per heavy atom. The Hall–Kier alpha value is -4.42. The van der Waals surface area contributed by atoms with Crippen LogP contribution in [0.5, 0.6) is 0 Å². The molecule has 1 aliphatic heterocycles. The van der Waals surface area contributed by atoms with Crippen LogP contribution >= 0.6 is 0 Å². The summed E-state index contributed by atoms with van der Waals surface area (Å²) >= 11 is 0. The van der Waals surface area contributed by atoms with Gasteiger partial charge in [-0.05, 0) is 35.7 Å². The minimum Gasteiger partial charge on any atom is -0.322 e. The fraction of sp³-hybridized carbons (Fsp3) is 0.200. The zero-order valence-electron chi connectivity index (χ0n) is 19.6. The SMILES string of the molecule is CC(C)c1cc(-n2ncc(C(=O)Nc3ccnc(C(F)(F)F)c3)c2C(F)(F)F)c2cccc3c2c1NC3=O. The molecule has 0 atom stereocenters. The highest BCUT2D eigenvalue weighted by Gasteiger charge is 2.41. The topological polar surface area (TPSA) is 88.9 Å². The first-order valence-electron chi connectivity index (χ1n) is 11.2. The minimum atomic E-state index is -5.08. The number of nitrogens with one attached hydrogen (secondary N) is 2. The van der Waals surface area contributed by atoms with Crippen LogP contribution < -0.4 is 10.6 Å². The van der Waals surface area contributed by atoms with Crippen LogP contribution in [0, 0.1) is 0 Å². The van der Waals surface area contributed by atoms with E-state index in [2.05, 4.69) is 20.7 Å². The number of alkyl halides is 6. The van der Waals surface area contributed by atoms with Gasteiger partial charge in [0.1, 0.15) is 5.69 Å². The summed E-state index contributed by atoms with van der Waals surface area (Å²) < 4.78 is 82.6. The number of carbonyl (C=O) groups excluding carboxylic acids is 2. The number of hydrogen-bond donors (Lipinski definition) is 2. The Balaban J connectivity index is 1.67. The van der Waals surface area contributed by atoms with E-state index < -0.39 is 46.8 Å². The Morgan fingerprint density at radius 1 is 1.05 bits per heavy atom. The van der Waals surface area contributed by atoms with E-state index in [0.29, 0.717) is 39.0 Å². The van der Waals surface area contributed by atoms with E-state index >= 15 is 0 Å². The monoisotopic (exact) mass is 533 g/mol. The molecule has 13 heteroatoms. The number of rotatable bonds is 4. The molecule has 0 bridgehead atoms. The lowest BCUT2D eigenvalue weighted by molar-refractivity contribution is -0.143. The van der Waals surface area contributed by atoms with Crippen LogP contribution in [-0.2, 0) is 12.4 Å². The van der Waals surface area contributed by atoms with E-state index in [1.54, 1.807) is 12.1 Å². The fourth-order valence-electron chi connectivity index (χ4n) is 4.44. The maximum Gasteiger partial charge on any atom is 0.434 e. The van der Waals surface area contributed by atoms with Crippen molar-refractivity contribution in [2.45, 2.75) is 32.1 Å². The van der Waals surface area contributed by atoms with Gasteiger partial charge in [-0.15, -0.1) is 0 Å². The molecule has 2 aromatic carbocycles. The first-order chi connectivity index (χ1) is 17.8. The standard InChI is InChI=1S/C25H17F6N5O2/c1-11(2)15-9-17(13-4-3-5-14-19(13)20(15)35-22(14)37)36-21(25(29,30)31)16(10-33-36)23(38)34-12-6-7-32-18(8-12)24(26,27)28/h3-11H,1-2H3,(H,35,37)(H,32,34,38). The summed E-state index contributed by atoms with van der Waals surface area (Å²) in [6.45, 7) is 3.62. The first-order valence-corrected chi connectivity index (χ1v) is 11.2. The van der Waals surface area contributed by atoms with Crippen LogP contribution in [-0.4, -0.2) is 26.6 Å². The molecule has 0 radical (unpaired) electrons. The molecular weight excluding hydrogens is 516 g/mol. The number of amides is 2. The molecular formula is C25H17F6N5O2. The van der Waals surface area contributed by atoms with E-state index in [1.165, 1.54) is 12.1 Å². The summed E-state index contributed by atoms with van der Waals surface area (Å²) in [7, 11) is 0. The van der Waals surface area contributed by atoms with Crippen molar-refractivity contribution in [3.8, 4) is 5.69 Å². The number of carbonyl (C=O) groups is 2. The molecule has 196 valence electrons. The van der Waals surface area contributed by atoms with Crippen LogP contribution in [0.2, 0.25) is 0 Å². The second kappa shape index (κ2) is 8.57. The average molecular weight is 533 g/mol. The smallest absolute Gasteiger partial charge is 0.322 e. The van der Waals surface area contributed by atoms with Gasteiger partial charge in [-0.25, -0.2) is 4.68 Å². The van der Waals surface area contributed by atoms with Gasteiger partial charge < -0.3 is 10.6 Å². The molecule has 1 aliphatic rings. The zero-order valence-corrected chi connectivity index (χ0v) is 19.6. The third-order valence-corrected chi connectivity index (χ3v) is 6.10. The number of hydrogen-bond acceptors (Lipinski definition) is 4. The molecule has 0 fully saturated rings. The zero-order chi connectivity index (χ0) is 27.6. The molecule has 2 aromatic heterocycles. The van der Waals surface area contributed by atoms with E-state index in [4.69, 9.17) is 0 Å². The summed E-state index contributed by atoms with van der Waals surface area (Å²) in [5.41, 5.74) is -2.69.